The number of rotatable bonds is 6. The molecule has 3 aromatic carbocycles. The Labute approximate surface area is 202 Å². The minimum absolute atomic E-state index is 0.0712. The summed E-state index contributed by atoms with van der Waals surface area (Å²) < 4.78 is 2.30. The second-order valence-electron chi connectivity index (χ2n) is 8.16. The predicted octanol–water partition coefficient (Wildman–Crippen LogP) is 5.79. The number of hydrogen-bond acceptors (Lipinski definition) is 4. The number of carbonyl (C=O) groups excluding carboxylic acids is 2. The predicted molar refractivity (Wildman–Crippen MR) is 141 cm³/mol. The lowest BCUT2D eigenvalue weighted by Crippen LogP contribution is -2.33. The lowest BCUT2D eigenvalue weighted by atomic mass is 10.1. The molecule has 172 valence electrons. The van der Waals surface area contributed by atoms with E-state index in [-0.39, 0.29) is 18.2 Å². The molecule has 7 heteroatoms. The van der Waals surface area contributed by atoms with Crippen molar-refractivity contribution >= 4 is 61.9 Å². The van der Waals surface area contributed by atoms with Crippen LogP contribution in [0.4, 0.5) is 11.4 Å². The van der Waals surface area contributed by atoms with Crippen LogP contribution >= 0.6 is 11.8 Å². The summed E-state index contributed by atoms with van der Waals surface area (Å²) in [5, 5.41) is 5.37. The smallest absolute Gasteiger partial charge is 0.242 e. The highest BCUT2D eigenvalue weighted by molar-refractivity contribution is 8.15. The summed E-state index contributed by atoms with van der Waals surface area (Å²) in [7, 11) is 0. The van der Waals surface area contributed by atoms with Crippen molar-refractivity contribution in [3.05, 3.63) is 72.8 Å². The van der Waals surface area contributed by atoms with Crippen LogP contribution in [0.1, 0.15) is 20.3 Å². The van der Waals surface area contributed by atoms with Crippen LogP contribution < -0.4 is 5.32 Å². The molecule has 1 atom stereocenters. The number of aromatic nitrogens is 1. The minimum Gasteiger partial charge on any atom is -0.341 e. The third kappa shape index (κ3) is 4.07. The van der Waals surface area contributed by atoms with Gasteiger partial charge in [-0.3, -0.25) is 14.5 Å². The molecule has 1 fully saturated rings. The fourth-order valence-electron chi connectivity index (χ4n) is 4.48. The van der Waals surface area contributed by atoms with Gasteiger partial charge in [-0.15, -0.1) is 0 Å². The quantitative estimate of drug-likeness (QED) is 0.388. The summed E-state index contributed by atoms with van der Waals surface area (Å²) in [5.74, 6) is -0.249. The van der Waals surface area contributed by atoms with E-state index in [1.807, 2.05) is 43.3 Å². The first kappa shape index (κ1) is 22.2. The lowest BCUT2D eigenvalue weighted by molar-refractivity contribution is -0.128. The fraction of sp³-hybridized carbons (Fsp3) is 0.222. The van der Waals surface area contributed by atoms with Gasteiger partial charge in [-0.1, -0.05) is 48.2 Å². The molecule has 1 aliphatic rings. The van der Waals surface area contributed by atoms with E-state index in [2.05, 4.69) is 53.2 Å². The van der Waals surface area contributed by atoms with Gasteiger partial charge in [-0.2, -0.15) is 0 Å². The van der Waals surface area contributed by atoms with E-state index in [9.17, 15) is 9.59 Å². The molecule has 0 unspecified atom stereocenters. The van der Waals surface area contributed by atoms with Gasteiger partial charge in [0.25, 0.3) is 0 Å². The Bertz CT molecular complexity index is 1410. The van der Waals surface area contributed by atoms with Crippen LogP contribution in [0.15, 0.2) is 77.8 Å². The second-order valence-corrected chi connectivity index (χ2v) is 9.33. The average molecular weight is 471 g/mol. The highest BCUT2D eigenvalue weighted by Gasteiger charge is 2.38. The number of carbonyl (C=O) groups is 2. The number of fused-ring (bicyclic) bond motifs is 3. The first-order valence-electron chi connectivity index (χ1n) is 11.5. The van der Waals surface area contributed by atoms with Gasteiger partial charge >= 0.3 is 0 Å². The van der Waals surface area contributed by atoms with E-state index in [1.165, 1.54) is 28.2 Å². The maximum Gasteiger partial charge on any atom is 0.242 e. The molecule has 34 heavy (non-hydrogen) atoms. The third-order valence-corrected chi connectivity index (χ3v) is 7.24. The van der Waals surface area contributed by atoms with Crippen LogP contribution in [0.2, 0.25) is 0 Å². The van der Waals surface area contributed by atoms with Crippen molar-refractivity contribution in [2.24, 2.45) is 4.99 Å². The highest BCUT2D eigenvalue weighted by Crippen LogP contribution is 2.35. The maximum absolute atomic E-state index is 13.0. The molecule has 0 radical (unpaired) electrons. The third-order valence-electron chi connectivity index (χ3n) is 6.06. The maximum atomic E-state index is 13.0. The summed E-state index contributed by atoms with van der Waals surface area (Å²) >= 11 is 1.36. The zero-order chi connectivity index (χ0) is 23.7. The molecule has 5 rings (SSSR count). The molecule has 1 saturated heterocycles. The van der Waals surface area contributed by atoms with Crippen molar-refractivity contribution in [1.29, 1.82) is 0 Å². The fourth-order valence-corrected chi connectivity index (χ4v) is 5.70. The molecule has 0 spiro atoms. The zero-order valence-electron chi connectivity index (χ0n) is 19.2. The molecular weight excluding hydrogens is 444 g/mol. The second kappa shape index (κ2) is 9.35. The van der Waals surface area contributed by atoms with Crippen molar-refractivity contribution in [3.8, 4) is 0 Å². The lowest BCUT2D eigenvalue weighted by Gasteiger charge is -2.13. The van der Waals surface area contributed by atoms with E-state index in [1.54, 1.807) is 4.90 Å². The van der Waals surface area contributed by atoms with Crippen LogP contribution in [-0.4, -0.2) is 38.2 Å². The molecule has 6 nitrogen and oxygen atoms in total. The summed E-state index contributed by atoms with van der Waals surface area (Å²) in [4.78, 5) is 32.0. The van der Waals surface area contributed by atoms with E-state index in [0.717, 1.165) is 23.3 Å². The van der Waals surface area contributed by atoms with Crippen LogP contribution in [0.5, 0.6) is 0 Å². The molecule has 1 aromatic heterocycles. The van der Waals surface area contributed by atoms with Crippen molar-refractivity contribution in [2.45, 2.75) is 32.1 Å². The number of nitrogens with zero attached hydrogens (tertiary/aromatic N) is 3. The molecule has 0 bridgehead atoms. The first-order chi connectivity index (χ1) is 16.6. The number of thioether (sulfide) groups is 1. The molecule has 0 aliphatic carbocycles. The SMILES string of the molecule is CCN1C(=O)[C@H](CC(=O)Nc2ccccc2)SC1=Nc1ccc2c(c1)c1ccccc1n2CC. The number of hydrogen-bond donors (Lipinski definition) is 1. The van der Waals surface area contributed by atoms with Crippen molar-refractivity contribution in [3.63, 3.8) is 0 Å². The van der Waals surface area contributed by atoms with Gasteiger partial charge in [0.2, 0.25) is 11.8 Å². The Kier molecular flexibility index (Phi) is 6.11. The number of nitrogens with one attached hydrogen (secondary N) is 1. The first-order valence-corrected chi connectivity index (χ1v) is 12.4. The number of para-hydroxylation sites is 2. The van der Waals surface area contributed by atoms with Crippen LogP contribution in [0.25, 0.3) is 21.8 Å². The van der Waals surface area contributed by atoms with Crippen LogP contribution in [0.3, 0.4) is 0 Å². The Morgan fingerprint density at radius 2 is 1.68 bits per heavy atom. The Morgan fingerprint density at radius 3 is 2.44 bits per heavy atom. The number of aliphatic imine (C=N–C) groups is 1. The Balaban J connectivity index is 1.42. The molecule has 4 aromatic rings. The highest BCUT2D eigenvalue weighted by atomic mass is 32.2. The summed E-state index contributed by atoms with van der Waals surface area (Å²) in [6, 6.07) is 23.8. The van der Waals surface area contributed by atoms with E-state index in [4.69, 9.17) is 4.99 Å². The van der Waals surface area contributed by atoms with Gasteiger partial charge in [0.15, 0.2) is 5.17 Å². The average Bonchev–Trinajstić information content (AvgIpc) is 3.32. The van der Waals surface area contributed by atoms with Crippen LogP contribution in [-0.2, 0) is 16.1 Å². The Hall–Kier alpha value is -3.58. The van der Waals surface area contributed by atoms with E-state index in [0.29, 0.717) is 11.7 Å². The topological polar surface area (TPSA) is 66.7 Å². The standard InChI is InChI=1S/C27H26N4O2S/c1-3-30-22-13-9-8-12-20(22)21-16-19(14-15-23(21)30)29-27-31(4-2)26(33)24(34-27)17-25(32)28-18-10-6-5-7-11-18/h5-16,24H,3-4,17H2,1-2H3,(H,28,32)/t24-/m0/s1. The number of amidine groups is 1. The van der Waals surface area contributed by atoms with E-state index < -0.39 is 5.25 Å². The van der Waals surface area contributed by atoms with Gasteiger partial charge < -0.3 is 9.88 Å². The number of anilines is 1. The van der Waals surface area contributed by atoms with Gasteiger partial charge in [0.05, 0.1) is 5.69 Å². The number of aryl methyl sites for hydroxylation is 1. The molecule has 2 amide bonds. The van der Waals surface area contributed by atoms with Gasteiger partial charge in [-0.25, -0.2) is 4.99 Å². The van der Waals surface area contributed by atoms with Gasteiger partial charge in [0.1, 0.15) is 5.25 Å². The van der Waals surface area contributed by atoms with Crippen molar-refractivity contribution in [1.82, 2.24) is 9.47 Å². The minimum atomic E-state index is -0.479. The van der Waals surface area contributed by atoms with Crippen LogP contribution in [0, 0.1) is 0 Å². The Morgan fingerprint density at radius 1 is 0.941 bits per heavy atom. The zero-order valence-corrected chi connectivity index (χ0v) is 20.0. The van der Waals surface area contributed by atoms with E-state index >= 15 is 0 Å². The number of benzene rings is 3. The normalized spacial score (nSPS) is 17.2. The van der Waals surface area contributed by atoms with Crippen molar-refractivity contribution in [2.75, 3.05) is 11.9 Å². The molecule has 1 aliphatic heterocycles. The number of amides is 2. The summed E-state index contributed by atoms with van der Waals surface area (Å²) in [5.41, 5.74) is 3.90. The monoisotopic (exact) mass is 470 g/mol. The molecule has 1 N–H and O–H groups in total. The largest absolute Gasteiger partial charge is 0.341 e. The summed E-state index contributed by atoms with van der Waals surface area (Å²) in [6.45, 7) is 5.48. The van der Waals surface area contributed by atoms with Gasteiger partial charge in [-0.05, 0) is 50.2 Å². The summed E-state index contributed by atoms with van der Waals surface area (Å²) in [6.07, 6.45) is 0.108. The molecule has 0 saturated carbocycles. The van der Waals surface area contributed by atoms with Crippen molar-refractivity contribution < 1.29 is 9.59 Å². The van der Waals surface area contributed by atoms with Gasteiger partial charge in [0, 0.05) is 47.0 Å². The molecule has 2 heterocycles. The molecular formula is C27H26N4O2S.